The second-order valence-corrected chi connectivity index (χ2v) is 5.34. The third-order valence-electron chi connectivity index (χ3n) is 3.53. The van der Waals surface area contributed by atoms with Crippen LogP contribution >= 0.6 is 0 Å². The van der Waals surface area contributed by atoms with Gasteiger partial charge in [-0.15, -0.1) is 0 Å². The van der Waals surface area contributed by atoms with Gasteiger partial charge in [-0.2, -0.15) is 0 Å². The number of nitrogens with zero attached hydrogens (tertiary/aromatic N) is 3. The van der Waals surface area contributed by atoms with Crippen LogP contribution in [0.4, 0.5) is 5.69 Å². The van der Waals surface area contributed by atoms with E-state index in [0.717, 1.165) is 45.7 Å². The molecule has 0 fully saturated rings. The molecular weight excluding hydrogens is 262 g/mol. The molecule has 0 radical (unpaired) electrons. The molecule has 1 heterocycles. The minimum absolute atomic E-state index is 0.762. The summed E-state index contributed by atoms with van der Waals surface area (Å²) in [6.07, 6.45) is 0. The minimum atomic E-state index is 0.762. The van der Waals surface area contributed by atoms with Gasteiger partial charge in [0.2, 0.25) is 0 Å². The Morgan fingerprint density at radius 3 is 2.71 bits per heavy atom. The minimum Gasteiger partial charge on any atom is -0.453 e. The normalized spacial score (nSPS) is 12.3. The lowest BCUT2D eigenvalue weighted by molar-refractivity contribution is 0.611. The lowest BCUT2D eigenvalue weighted by atomic mass is 10.1. The molecule has 1 aliphatic heterocycles. The number of anilines is 1. The first-order valence-corrected chi connectivity index (χ1v) is 7.11. The Hall–Kier alpha value is -2.36. The van der Waals surface area contributed by atoms with Crippen LogP contribution in [0, 0.1) is 6.92 Å². The lowest BCUT2D eigenvalue weighted by Gasteiger charge is -2.13. The maximum Gasteiger partial charge on any atom is 0.155 e. The van der Waals surface area contributed by atoms with Crippen LogP contribution in [0.1, 0.15) is 12.5 Å². The molecule has 0 spiro atoms. The van der Waals surface area contributed by atoms with Crippen molar-refractivity contribution in [3.05, 3.63) is 41.3 Å². The molecule has 0 saturated heterocycles. The molecule has 4 heteroatoms. The summed E-state index contributed by atoms with van der Waals surface area (Å²) in [5.41, 5.74) is 4.75. The summed E-state index contributed by atoms with van der Waals surface area (Å²) >= 11 is 0. The lowest BCUT2D eigenvalue weighted by Crippen LogP contribution is -2.09. The smallest absolute Gasteiger partial charge is 0.155 e. The number of hydrogen-bond acceptors (Lipinski definition) is 4. The molecule has 1 aliphatic carbocycles. The van der Waals surface area contributed by atoms with Crippen LogP contribution < -0.4 is 10.3 Å². The van der Waals surface area contributed by atoms with Gasteiger partial charge in [-0.05, 0) is 37.6 Å². The Labute approximate surface area is 124 Å². The van der Waals surface area contributed by atoms with Gasteiger partial charge < -0.3 is 9.32 Å². The van der Waals surface area contributed by atoms with Crippen LogP contribution in [0.3, 0.4) is 0 Å². The maximum atomic E-state index is 6.03. The molecule has 108 valence electrons. The Kier molecular flexibility index (Phi) is 3.37. The van der Waals surface area contributed by atoms with Crippen molar-refractivity contribution in [1.82, 2.24) is 4.98 Å². The van der Waals surface area contributed by atoms with Gasteiger partial charge in [0, 0.05) is 38.5 Å². The van der Waals surface area contributed by atoms with Crippen LogP contribution in [0.25, 0.3) is 22.6 Å². The predicted octanol–water partition coefficient (Wildman–Crippen LogP) is 3.23. The molecule has 0 aromatic heterocycles. The van der Waals surface area contributed by atoms with E-state index in [4.69, 9.17) is 4.42 Å². The van der Waals surface area contributed by atoms with Gasteiger partial charge in [0.15, 0.2) is 11.3 Å². The van der Waals surface area contributed by atoms with Crippen molar-refractivity contribution in [3.63, 3.8) is 0 Å². The summed E-state index contributed by atoms with van der Waals surface area (Å²) in [7, 11) is 4.02. The van der Waals surface area contributed by atoms with Crippen molar-refractivity contribution in [1.29, 1.82) is 0 Å². The topological polar surface area (TPSA) is 41.6 Å². The van der Waals surface area contributed by atoms with E-state index in [9.17, 15) is 0 Å². The fraction of sp³-hybridized carbons (Fsp3) is 0.294. The number of aryl methyl sites for hydroxylation is 1. The van der Waals surface area contributed by atoms with E-state index in [1.165, 1.54) is 0 Å². The summed E-state index contributed by atoms with van der Waals surface area (Å²) in [5.74, 6) is 0.774. The fourth-order valence-electron chi connectivity index (χ4n) is 2.38. The summed E-state index contributed by atoms with van der Waals surface area (Å²) in [6.45, 7) is 4.84. The first kappa shape index (κ1) is 13.6. The first-order valence-electron chi connectivity index (χ1n) is 7.11. The van der Waals surface area contributed by atoms with E-state index in [1.807, 2.05) is 56.3 Å². The quantitative estimate of drug-likeness (QED) is 0.677. The third kappa shape index (κ3) is 2.49. The van der Waals surface area contributed by atoms with E-state index >= 15 is 0 Å². The molecule has 1 aromatic carbocycles. The summed E-state index contributed by atoms with van der Waals surface area (Å²) < 4.78 is 6.03. The molecule has 0 bridgehead atoms. The van der Waals surface area contributed by atoms with Crippen LogP contribution in [0.2, 0.25) is 0 Å². The second kappa shape index (κ2) is 5.20. The zero-order chi connectivity index (χ0) is 15.0. The maximum absolute atomic E-state index is 6.03. The average molecular weight is 281 g/mol. The number of fused-ring (bicyclic) bond motifs is 2. The highest BCUT2D eigenvalue weighted by atomic mass is 16.3. The standard InChI is InChI=1S/C17H19N3O/c1-5-18-14-10-17-15(8-11(14)2)19-13-7-6-12(20(3)4)9-16(13)21-17/h6-10H,5H2,1-4H3. The fourth-order valence-corrected chi connectivity index (χ4v) is 2.38. The number of hydrogen-bond donors (Lipinski definition) is 0. The number of rotatable bonds is 2. The molecule has 0 atom stereocenters. The van der Waals surface area contributed by atoms with E-state index in [1.54, 1.807) is 0 Å². The van der Waals surface area contributed by atoms with Gasteiger partial charge in [0.05, 0.1) is 5.36 Å². The number of aromatic nitrogens is 1. The highest BCUT2D eigenvalue weighted by Gasteiger charge is 2.11. The van der Waals surface area contributed by atoms with Crippen molar-refractivity contribution in [2.24, 2.45) is 4.99 Å². The highest BCUT2D eigenvalue weighted by molar-refractivity contribution is 5.80. The second-order valence-electron chi connectivity index (χ2n) is 5.34. The number of benzene rings is 2. The monoisotopic (exact) mass is 281 g/mol. The summed E-state index contributed by atoms with van der Waals surface area (Å²) in [5, 5.41) is 0.971. The molecule has 0 saturated carbocycles. The zero-order valence-electron chi connectivity index (χ0n) is 12.8. The van der Waals surface area contributed by atoms with Crippen LogP contribution in [-0.4, -0.2) is 25.6 Å². The Morgan fingerprint density at radius 2 is 2.00 bits per heavy atom. The average Bonchev–Trinajstić information content (AvgIpc) is 2.45. The predicted molar refractivity (Wildman–Crippen MR) is 85.8 cm³/mol. The Balaban J connectivity index is 2.29. The SMILES string of the molecule is CCN=c1cc2oc3cc(N(C)C)ccc3nc-2cc1C. The van der Waals surface area contributed by atoms with E-state index in [0.29, 0.717) is 0 Å². The molecule has 21 heavy (non-hydrogen) atoms. The summed E-state index contributed by atoms with van der Waals surface area (Å²) in [6, 6.07) is 10.1. The van der Waals surface area contributed by atoms with E-state index in [2.05, 4.69) is 16.9 Å². The van der Waals surface area contributed by atoms with Gasteiger partial charge in [-0.1, -0.05) is 0 Å². The molecule has 0 N–H and O–H groups in total. The van der Waals surface area contributed by atoms with Crippen molar-refractivity contribution in [2.75, 3.05) is 25.5 Å². The third-order valence-corrected chi connectivity index (χ3v) is 3.53. The molecule has 3 rings (SSSR count). The molecule has 1 aromatic rings. The van der Waals surface area contributed by atoms with Crippen molar-refractivity contribution >= 4 is 16.8 Å². The van der Waals surface area contributed by atoms with E-state index < -0.39 is 0 Å². The highest BCUT2D eigenvalue weighted by Crippen LogP contribution is 2.26. The van der Waals surface area contributed by atoms with Gasteiger partial charge in [0.25, 0.3) is 0 Å². The molecule has 0 amide bonds. The van der Waals surface area contributed by atoms with Gasteiger partial charge >= 0.3 is 0 Å². The molecular formula is C17H19N3O. The summed E-state index contributed by atoms with van der Waals surface area (Å²) in [4.78, 5) is 11.2. The molecule has 4 nitrogen and oxygen atoms in total. The van der Waals surface area contributed by atoms with Crippen LogP contribution in [0.5, 0.6) is 0 Å². The van der Waals surface area contributed by atoms with Crippen molar-refractivity contribution < 1.29 is 4.42 Å². The molecule has 0 unspecified atom stereocenters. The largest absolute Gasteiger partial charge is 0.453 e. The van der Waals surface area contributed by atoms with Crippen molar-refractivity contribution in [2.45, 2.75) is 13.8 Å². The van der Waals surface area contributed by atoms with Crippen LogP contribution in [-0.2, 0) is 0 Å². The first-order chi connectivity index (χ1) is 10.1. The molecule has 2 aliphatic rings. The van der Waals surface area contributed by atoms with Gasteiger partial charge in [-0.3, -0.25) is 4.99 Å². The Morgan fingerprint density at radius 1 is 1.19 bits per heavy atom. The zero-order valence-corrected chi connectivity index (χ0v) is 12.8. The Bertz CT molecular complexity index is 833. The van der Waals surface area contributed by atoms with Gasteiger partial charge in [-0.25, -0.2) is 4.98 Å². The van der Waals surface area contributed by atoms with Gasteiger partial charge in [0.1, 0.15) is 11.2 Å². The van der Waals surface area contributed by atoms with Crippen LogP contribution in [0.15, 0.2) is 39.7 Å². The van der Waals surface area contributed by atoms with Crippen molar-refractivity contribution in [3.8, 4) is 11.5 Å². The van der Waals surface area contributed by atoms with E-state index in [-0.39, 0.29) is 0 Å².